The summed E-state index contributed by atoms with van der Waals surface area (Å²) in [5.41, 5.74) is 0.607. The van der Waals surface area contributed by atoms with Crippen LogP contribution in [0, 0.1) is 16.7 Å². The lowest BCUT2D eigenvalue weighted by Crippen LogP contribution is -2.43. The molecule has 1 aliphatic carbocycles. The molecule has 1 unspecified atom stereocenters. The Kier molecular flexibility index (Phi) is 4.64. The van der Waals surface area contributed by atoms with E-state index in [1.165, 1.54) is 51.6 Å². The highest BCUT2D eigenvalue weighted by Crippen LogP contribution is 2.43. The summed E-state index contributed by atoms with van der Waals surface area (Å²) in [7, 11) is 0. The average molecular weight is 249 g/mol. The molecule has 1 spiro atoms. The first-order valence-electron chi connectivity index (χ1n) is 7.52. The van der Waals surface area contributed by atoms with Crippen LogP contribution in [0.2, 0.25) is 0 Å². The lowest BCUT2D eigenvalue weighted by atomic mass is 9.73. The van der Waals surface area contributed by atoms with Gasteiger partial charge in [-0.25, -0.2) is 0 Å². The molecule has 0 bridgehead atoms. The molecule has 18 heavy (non-hydrogen) atoms. The standard InChI is InChI=1S/C15H27N3/c1-13(2)17-14(10-16)11-18-9-8-15(12-18)6-4-3-5-7-15/h13-14,17H,3-9,11-12H2,1-2H3. The van der Waals surface area contributed by atoms with Crippen molar-refractivity contribution in [2.24, 2.45) is 5.41 Å². The molecule has 0 amide bonds. The van der Waals surface area contributed by atoms with Gasteiger partial charge in [-0.1, -0.05) is 19.3 Å². The number of nitrogens with zero attached hydrogens (tertiary/aromatic N) is 2. The second-order valence-electron chi connectivity index (χ2n) is 6.55. The lowest BCUT2D eigenvalue weighted by Gasteiger charge is -2.33. The Balaban J connectivity index is 1.83. The quantitative estimate of drug-likeness (QED) is 0.832. The minimum atomic E-state index is -0.0104. The van der Waals surface area contributed by atoms with Crippen molar-refractivity contribution in [1.29, 1.82) is 5.26 Å². The SMILES string of the molecule is CC(C)NC(C#N)CN1CCC2(CCCCC2)C1. The summed E-state index contributed by atoms with van der Waals surface area (Å²) < 4.78 is 0. The third-order valence-electron chi connectivity index (χ3n) is 4.56. The molecule has 1 saturated heterocycles. The van der Waals surface area contributed by atoms with Crippen molar-refractivity contribution in [2.45, 2.75) is 64.5 Å². The monoisotopic (exact) mass is 249 g/mol. The van der Waals surface area contributed by atoms with Crippen LogP contribution in [0.5, 0.6) is 0 Å². The molecule has 0 aromatic carbocycles. The third-order valence-corrected chi connectivity index (χ3v) is 4.56. The van der Waals surface area contributed by atoms with Gasteiger partial charge < -0.3 is 4.90 Å². The molecular formula is C15H27N3. The first kappa shape index (κ1) is 13.8. The van der Waals surface area contributed by atoms with Gasteiger partial charge in [0.1, 0.15) is 6.04 Å². The molecule has 2 aliphatic rings. The second kappa shape index (κ2) is 6.04. The molecule has 3 heteroatoms. The Morgan fingerprint density at radius 1 is 1.22 bits per heavy atom. The fourth-order valence-electron chi connectivity index (χ4n) is 3.68. The second-order valence-corrected chi connectivity index (χ2v) is 6.55. The van der Waals surface area contributed by atoms with Crippen molar-refractivity contribution in [2.75, 3.05) is 19.6 Å². The number of hydrogen-bond acceptors (Lipinski definition) is 3. The van der Waals surface area contributed by atoms with E-state index in [1.54, 1.807) is 0 Å². The van der Waals surface area contributed by atoms with Crippen LogP contribution in [0.4, 0.5) is 0 Å². The van der Waals surface area contributed by atoms with Gasteiger partial charge in [0.2, 0.25) is 0 Å². The van der Waals surface area contributed by atoms with E-state index in [9.17, 15) is 5.26 Å². The topological polar surface area (TPSA) is 39.1 Å². The highest BCUT2D eigenvalue weighted by atomic mass is 15.2. The molecule has 1 atom stereocenters. The zero-order chi connectivity index (χ0) is 13.0. The van der Waals surface area contributed by atoms with Gasteiger partial charge in [-0.15, -0.1) is 0 Å². The van der Waals surface area contributed by atoms with Crippen LogP contribution < -0.4 is 5.32 Å². The minimum absolute atomic E-state index is 0.0104. The Bertz CT molecular complexity index is 299. The molecule has 2 fully saturated rings. The maximum Gasteiger partial charge on any atom is 0.108 e. The van der Waals surface area contributed by atoms with Gasteiger partial charge in [0.15, 0.2) is 0 Å². The van der Waals surface area contributed by atoms with E-state index in [2.05, 4.69) is 30.1 Å². The van der Waals surface area contributed by atoms with Crippen LogP contribution in [0.25, 0.3) is 0 Å². The van der Waals surface area contributed by atoms with Crippen molar-refractivity contribution in [1.82, 2.24) is 10.2 Å². The Hall–Kier alpha value is -0.590. The van der Waals surface area contributed by atoms with Crippen LogP contribution in [0.1, 0.15) is 52.4 Å². The Morgan fingerprint density at radius 3 is 2.56 bits per heavy atom. The van der Waals surface area contributed by atoms with E-state index in [0.717, 1.165) is 6.54 Å². The Morgan fingerprint density at radius 2 is 1.94 bits per heavy atom. The summed E-state index contributed by atoms with van der Waals surface area (Å²) in [6.45, 7) is 7.53. The molecule has 1 aliphatic heterocycles. The molecule has 1 N–H and O–H groups in total. The number of nitrogens with one attached hydrogen (secondary N) is 1. The fourth-order valence-corrected chi connectivity index (χ4v) is 3.68. The zero-order valence-electron chi connectivity index (χ0n) is 11.9. The summed E-state index contributed by atoms with van der Waals surface area (Å²) in [5, 5.41) is 12.5. The normalized spacial score (nSPS) is 25.4. The average Bonchev–Trinajstić information content (AvgIpc) is 2.71. The maximum absolute atomic E-state index is 9.20. The van der Waals surface area contributed by atoms with Crippen LogP contribution >= 0.6 is 0 Å². The van der Waals surface area contributed by atoms with E-state index in [0.29, 0.717) is 11.5 Å². The first-order valence-corrected chi connectivity index (χ1v) is 7.52. The van der Waals surface area contributed by atoms with Gasteiger partial charge >= 0.3 is 0 Å². The van der Waals surface area contributed by atoms with Crippen LogP contribution in [0.3, 0.4) is 0 Å². The van der Waals surface area contributed by atoms with Gasteiger partial charge in [-0.05, 0) is 45.1 Å². The van der Waals surface area contributed by atoms with E-state index in [1.807, 2.05) is 0 Å². The number of nitriles is 1. The largest absolute Gasteiger partial charge is 0.300 e. The van der Waals surface area contributed by atoms with Crippen molar-refractivity contribution in [3.8, 4) is 6.07 Å². The van der Waals surface area contributed by atoms with Gasteiger partial charge in [0.05, 0.1) is 6.07 Å². The summed E-state index contributed by atoms with van der Waals surface area (Å²) in [5.74, 6) is 0. The molecule has 102 valence electrons. The summed E-state index contributed by atoms with van der Waals surface area (Å²) >= 11 is 0. The van der Waals surface area contributed by atoms with E-state index in [-0.39, 0.29) is 6.04 Å². The minimum Gasteiger partial charge on any atom is -0.300 e. The molecule has 0 aromatic rings. The smallest absolute Gasteiger partial charge is 0.108 e. The Labute approximate surface area is 112 Å². The van der Waals surface area contributed by atoms with E-state index in [4.69, 9.17) is 0 Å². The van der Waals surface area contributed by atoms with E-state index >= 15 is 0 Å². The summed E-state index contributed by atoms with van der Waals surface area (Å²) in [4.78, 5) is 2.51. The van der Waals surface area contributed by atoms with Crippen LogP contribution in [0.15, 0.2) is 0 Å². The molecular weight excluding hydrogens is 222 g/mol. The predicted molar refractivity (Wildman–Crippen MR) is 74.2 cm³/mol. The van der Waals surface area contributed by atoms with E-state index < -0.39 is 0 Å². The third kappa shape index (κ3) is 3.46. The fraction of sp³-hybridized carbons (Fsp3) is 0.933. The summed E-state index contributed by atoms with van der Waals surface area (Å²) in [6.07, 6.45) is 8.44. The highest BCUT2D eigenvalue weighted by Gasteiger charge is 2.39. The van der Waals surface area contributed by atoms with Gasteiger partial charge in [0, 0.05) is 19.1 Å². The molecule has 1 saturated carbocycles. The highest BCUT2D eigenvalue weighted by molar-refractivity contribution is 4.97. The summed E-state index contributed by atoms with van der Waals surface area (Å²) in [6, 6.07) is 2.78. The van der Waals surface area contributed by atoms with Crippen molar-refractivity contribution < 1.29 is 0 Å². The molecule has 0 aromatic heterocycles. The number of rotatable bonds is 4. The van der Waals surface area contributed by atoms with Crippen molar-refractivity contribution in [3.63, 3.8) is 0 Å². The first-order chi connectivity index (χ1) is 8.63. The van der Waals surface area contributed by atoms with Crippen LogP contribution in [-0.2, 0) is 0 Å². The number of likely N-dealkylation sites (tertiary alicyclic amines) is 1. The van der Waals surface area contributed by atoms with Crippen LogP contribution in [-0.4, -0.2) is 36.6 Å². The molecule has 3 nitrogen and oxygen atoms in total. The number of hydrogen-bond donors (Lipinski definition) is 1. The molecule has 2 rings (SSSR count). The van der Waals surface area contributed by atoms with Crippen molar-refractivity contribution >= 4 is 0 Å². The molecule has 1 heterocycles. The molecule has 0 radical (unpaired) electrons. The lowest BCUT2D eigenvalue weighted by molar-refractivity contribution is 0.182. The predicted octanol–water partition coefficient (Wildman–Crippen LogP) is 2.53. The zero-order valence-corrected chi connectivity index (χ0v) is 11.9. The van der Waals surface area contributed by atoms with Gasteiger partial charge in [-0.3, -0.25) is 5.32 Å². The van der Waals surface area contributed by atoms with Gasteiger partial charge in [0.25, 0.3) is 0 Å². The van der Waals surface area contributed by atoms with Gasteiger partial charge in [-0.2, -0.15) is 5.26 Å². The van der Waals surface area contributed by atoms with Crippen molar-refractivity contribution in [3.05, 3.63) is 0 Å². The maximum atomic E-state index is 9.20.